The maximum Gasteiger partial charge on any atom is 0.220 e. The summed E-state index contributed by atoms with van der Waals surface area (Å²) in [6.45, 7) is 3.09. The summed E-state index contributed by atoms with van der Waals surface area (Å²) in [5.41, 5.74) is 0. The van der Waals surface area contributed by atoms with E-state index in [1.807, 2.05) is 0 Å². The molecule has 0 aromatic carbocycles. The third kappa shape index (κ3) is 5.70. The van der Waals surface area contributed by atoms with Gasteiger partial charge in [-0.2, -0.15) is 0 Å². The van der Waals surface area contributed by atoms with Gasteiger partial charge in [-0.1, -0.05) is 19.8 Å². The lowest BCUT2D eigenvalue weighted by Gasteiger charge is -2.12. The van der Waals surface area contributed by atoms with Crippen LogP contribution in [0.25, 0.3) is 0 Å². The molecule has 0 saturated carbocycles. The number of nitrogens with one attached hydrogen (secondary N) is 1. The van der Waals surface area contributed by atoms with Crippen molar-refractivity contribution in [2.75, 3.05) is 6.61 Å². The van der Waals surface area contributed by atoms with Crippen molar-refractivity contribution >= 4 is 11.7 Å². The molecule has 14 heavy (non-hydrogen) atoms. The first kappa shape index (κ1) is 13.1. The molecular weight excluding hydrogens is 182 g/mol. The Hall–Kier alpha value is -0.900. The zero-order chi connectivity index (χ0) is 11.0. The quantitative estimate of drug-likeness (QED) is 0.594. The molecule has 0 aliphatic rings. The summed E-state index contributed by atoms with van der Waals surface area (Å²) in [6, 6.07) is -0.732. The van der Waals surface area contributed by atoms with Crippen LogP contribution in [0, 0.1) is 0 Å². The van der Waals surface area contributed by atoms with E-state index in [2.05, 4.69) is 12.2 Å². The van der Waals surface area contributed by atoms with E-state index in [-0.39, 0.29) is 18.3 Å². The van der Waals surface area contributed by atoms with E-state index in [4.69, 9.17) is 5.11 Å². The number of hydrogen-bond acceptors (Lipinski definition) is 3. The van der Waals surface area contributed by atoms with Crippen molar-refractivity contribution in [2.45, 2.75) is 45.6 Å². The normalized spacial score (nSPS) is 12.2. The van der Waals surface area contributed by atoms with Gasteiger partial charge in [0.1, 0.15) is 6.04 Å². The van der Waals surface area contributed by atoms with Gasteiger partial charge in [-0.3, -0.25) is 9.59 Å². The smallest absolute Gasteiger partial charge is 0.220 e. The Morgan fingerprint density at radius 2 is 2.00 bits per heavy atom. The van der Waals surface area contributed by atoms with Crippen LogP contribution >= 0.6 is 0 Å². The lowest BCUT2D eigenvalue weighted by Crippen LogP contribution is -2.42. The summed E-state index contributed by atoms with van der Waals surface area (Å²) in [7, 11) is 0. The van der Waals surface area contributed by atoms with Crippen LogP contribution in [0.15, 0.2) is 0 Å². The molecule has 0 rings (SSSR count). The summed E-state index contributed by atoms with van der Waals surface area (Å²) in [5, 5.41) is 11.3. The molecule has 4 nitrogen and oxygen atoms in total. The van der Waals surface area contributed by atoms with Crippen LogP contribution < -0.4 is 5.32 Å². The first-order chi connectivity index (χ1) is 6.61. The van der Waals surface area contributed by atoms with Gasteiger partial charge in [0.25, 0.3) is 0 Å². The monoisotopic (exact) mass is 201 g/mol. The van der Waals surface area contributed by atoms with E-state index >= 15 is 0 Å². The zero-order valence-electron chi connectivity index (χ0n) is 8.88. The van der Waals surface area contributed by atoms with Crippen LogP contribution in [0.5, 0.6) is 0 Å². The largest absolute Gasteiger partial charge is 0.394 e. The van der Waals surface area contributed by atoms with Crippen LogP contribution in [-0.4, -0.2) is 29.4 Å². The second-order valence-electron chi connectivity index (χ2n) is 3.37. The van der Waals surface area contributed by atoms with Crippen molar-refractivity contribution in [2.24, 2.45) is 0 Å². The molecule has 0 aromatic heterocycles. The summed E-state index contributed by atoms with van der Waals surface area (Å²) in [4.78, 5) is 22.1. The van der Waals surface area contributed by atoms with Crippen molar-refractivity contribution in [3.05, 3.63) is 0 Å². The second kappa shape index (κ2) is 7.50. The number of rotatable bonds is 7. The van der Waals surface area contributed by atoms with Crippen LogP contribution in [0.4, 0.5) is 0 Å². The third-order valence-electron chi connectivity index (χ3n) is 2.02. The third-order valence-corrected chi connectivity index (χ3v) is 2.02. The lowest BCUT2D eigenvalue weighted by molar-refractivity contribution is -0.127. The number of amides is 1. The molecule has 0 aliphatic heterocycles. The molecule has 1 amide bonds. The molecule has 0 aromatic rings. The average molecular weight is 201 g/mol. The molecule has 1 atom stereocenters. The minimum Gasteiger partial charge on any atom is -0.394 e. The highest BCUT2D eigenvalue weighted by atomic mass is 16.3. The molecule has 1 unspecified atom stereocenters. The Morgan fingerprint density at radius 1 is 1.36 bits per heavy atom. The molecular formula is C10H19NO3. The standard InChI is InChI=1S/C10H19NO3/c1-3-4-5-6-10(14)11-9(7-12)8(2)13/h9,12H,3-7H2,1-2H3,(H,11,14). The molecule has 0 radical (unpaired) electrons. The van der Waals surface area contributed by atoms with Gasteiger partial charge in [-0.25, -0.2) is 0 Å². The van der Waals surface area contributed by atoms with E-state index in [9.17, 15) is 9.59 Å². The van der Waals surface area contributed by atoms with Crippen molar-refractivity contribution in [3.63, 3.8) is 0 Å². The van der Waals surface area contributed by atoms with Crippen LogP contribution in [0.2, 0.25) is 0 Å². The van der Waals surface area contributed by atoms with Gasteiger partial charge in [-0.15, -0.1) is 0 Å². The molecule has 0 aliphatic carbocycles. The van der Waals surface area contributed by atoms with Crippen LogP contribution in [-0.2, 0) is 9.59 Å². The fourth-order valence-electron chi connectivity index (χ4n) is 1.08. The summed E-state index contributed by atoms with van der Waals surface area (Å²) >= 11 is 0. The van der Waals surface area contributed by atoms with E-state index in [0.29, 0.717) is 6.42 Å². The van der Waals surface area contributed by atoms with E-state index in [1.165, 1.54) is 6.92 Å². The van der Waals surface area contributed by atoms with E-state index < -0.39 is 6.04 Å². The number of carbonyl (C=O) groups is 2. The van der Waals surface area contributed by atoms with Gasteiger partial charge in [0.2, 0.25) is 5.91 Å². The summed E-state index contributed by atoms with van der Waals surface area (Å²) in [6.07, 6.45) is 3.33. The number of unbranched alkanes of at least 4 members (excludes halogenated alkanes) is 2. The number of ketones is 1. The second-order valence-corrected chi connectivity index (χ2v) is 3.37. The predicted octanol–water partition coefficient (Wildman–Crippen LogP) is 0.633. The first-order valence-corrected chi connectivity index (χ1v) is 5.02. The number of carbonyl (C=O) groups excluding carboxylic acids is 2. The lowest BCUT2D eigenvalue weighted by atomic mass is 10.1. The highest BCUT2D eigenvalue weighted by Crippen LogP contribution is 1.99. The van der Waals surface area contributed by atoms with Gasteiger partial charge in [0.05, 0.1) is 6.61 Å². The molecule has 0 bridgehead atoms. The average Bonchev–Trinajstić information content (AvgIpc) is 2.14. The predicted molar refractivity (Wildman–Crippen MR) is 53.8 cm³/mol. The van der Waals surface area contributed by atoms with Gasteiger partial charge in [0, 0.05) is 6.42 Å². The zero-order valence-corrected chi connectivity index (χ0v) is 8.88. The number of Topliss-reactive ketones (excluding diaryl/α,β-unsaturated/α-hetero) is 1. The number of hydrogen-bond donors (Lipinski definition) is 2. The highest BCUT2D eigenvalue weighted by molar-refractivity contribution is 5.87. The van der Waals surface area contributed by atoms with E-state index in [1.54, 1.807) is 0 Å². The summed E-state index contributed by atoms with van der Waals surface area (Å²) < 4.78 is 0. The maximum absolute atomic E-state index is 11.2. The van der Waals surface area contributed by atoms with Crippen molar-refractivity contribution < 1.29 is 14.7 Å². The topological polar surface area (TPSA) is 66.4 Å². The molecule has 0 saturated heterocycles. The van der Waals surface area contributed by atoms with E-state index in [0.717, 1.165) is 19.3 Å². The Kier molecular flexibility index (Phi) is 7.02. The maximum atomic E-state index is 11.2. The van der Waals surface area contributed by atoms with Gasteiger partial charge in [-0.05, 0) is 13.3 Å². The van der Waals surface area contributed by atoms with Crippen molar-refractivity contribution in [3.8, 4) is 0 Å². The fourth-order valence-corrected chi connectivity index (χ4v) is 1.08. The molecule has 0 spiro atoms. The summed E-state index contributed by atoms with van der Waals surface area (Å²) in [5.74, 6) is -0.371. The van der Waals surface area contributed by atoms with Crippen molar-refractivity contribution in [1.29, 1.82) is 0 Å². The van der Waals surface area contributed by atoms with Crippen LogP contribution in [0.1, 0.15) is 39.5 Å². The molecule has 0 heterocycles. The molecule has 82 valence electrons. The Morgan fingerprint density at radius 3 is 2.43 bits per heavy atom. The molecule has 4 heteroatoms. The first-order valence-electron chi connectivity index (χ1n) is 5.02. The number of aliphatic hydroxyl groups is 1. The van der Waals surface area contributed by atoms with Crippen LogP contribution in [0.3, 0.4) is 0 Å². The molecule has 0 fully saturated rings. The molecule has 2 N–H and O–H groups in total. The highest BCUT2D eigenvalue weighted by Gasteiger charge is 2.14. The Balaban J connectivity index is 3.74. The minimum absolute atomic E-state index is 0.160. The van der Waals surface area contributed by atoms with Gasteiger partial charge in [0.15, 0.2) is 5.78 Å². The Bertz CT molecular complexity index is 192. The van der Waals surface area contributed by atoms with Crippen molar-refractivity contribution in [1.82, 2.24) is 5.32 Å². The SMILES string of the molecule is CCCCCC(=O)NC(CO)C(C)=O. The Labute approximate surface area is 84.7 Å². The number of aliphatic hydroxyl groups excluding tert-OH is 1. The van der Waals surface area contributed by atoms with Gasteiger partial charge >= 0.3 is 0 Å². The minimum atomic E-state index is -0.732. The fraction of sp³-hybridized carbons (Fsp3) is 0.800. The van der Waals surface area contributed by atoms with Gasteiger partial charge < -0.3 is 10.4 Å².